The maximum atomic E-state index is 13.0. The van der Waals surface area contributed by atoms with E-state index in [1.807, 2.05) is 67.8 Å². The summed E-state index contributed by atoms with van der Waals surface area (Å²) in [5, 5.41) is 12.0. The average molecular weight is 406 g/mol. The highest BCUT2D eigenvalue weighted by molar-refractivity contribution is 7.09. The van der Waals surface area contributed by atoms with Crippen LogP contribution in [0.25, 0.3) is 11.3 Å². The summed E-state index contributed by atoms with van der Waals surface area (Å²) in [7, 11) is 0. The number of anilines is 1. The van der Waals surface area contributed by atoms with Crippen molar-refractivity contribution in [3.8, 4) is 23.1 Å². The molecule has 1 heterocycles. The van der Waals surface area contributed by atoms with Crippen LogP contribution in [0.5, 0.6) is 5.75 Å². The van der Waals surface area contributed by atoms with Gasteiger partial charge in [0.15, 0.2) is 0 Å². The highest BCUT2D eigenvalue weighted by atomic mass is 32.1. The highest BCUT2D eigenvalue weighted by Gasteiger charge is 2.16. The Balaban J connectivity index is 1.73. The molecular formula is C23H23N3O2S. The molecule has 6 heteroatoms. The summed E-state index contributed by atoms with van der Waals surface area (Å²) in [6.07, 6.45) is 0.552. The molecule has 0 bridgehead atoms. The van der Waals surface area contributed by atoms with Gasteiger partial charge in [-0.15, -0.1) is 11.3 Å². The van der Waals surface area contributed by atoms with Gasteiger partial charge >= 0.3 is 0 Å². The lowest BCUT2D eigenvalue weighted by molar-refractivity contribution is -0.118. The van der Waals surface area contributed by atoms with Gasteiger partial charge < -0.3 is 9.64 Å². The van der Waals surface area contributed by atoms with Gasteiger partial charge in [-0.1, -0.05) is 24.3 Å². The molecule has 0 N–H and O–H groups in total. The van der Waals surface area contributed by atoms with Crippen LogP contribution in [-0.2, 0) is 11.2 Å². The maximum Gasteiger partial charge on any atom is 0.231 e. The number of amides is 1. The van der Waals surface area contributed by atoms with Crippen molar-refractivity contribution in [2.45, 2.75) is 26.7 Å². The summed E-state index contributed by atoms with van der Waals surface area (Å²) in [5.41, 5.74) is 3.69. The van der Waals surface area contributed by atoms with E-state index >= 15 is 0 Å². The minimum absolute atomic E-state index is 0.0401. The van der Waals surface area contributed by atoms with Crippen LogP contribution in [0.15, 0.2) is 53.9 Å². The first-order valence-electron chi connectivity index (χ1n) is 9.52. The van der Waals surface area contributed by atoms with Gasteiger partial charge in [0.2, 0.25) is 5.91 Å². The number of aryl methyl sites for hydroxylation is 1. The third-order valence-corrected chi connectivity index (χ3v) is 5.21. The number of nitrogens with zero attached hydrogens (tertiary/aromatic N) is 3. The van der Waals surface area contributed by atoms with Crippen LogP contribution < -0.4 is 9.64 Å². The van der Waals surface area contributed by atoms with Crippen molar-refractivity contribution in [3.05, 3.63) is 64.5 Å². The molecule has 3 rings (SSSR count). The Labute approximate surface area is 175 Å². The number of hydrogen-bond donors (Lipinski definition) is 0. The molecule has 148 valence electrons. The Bertz CT molecular complexity index is 988. The van der Waals surface area contributed by atoms with Gasteiger partial charge in [0.1, 0.15) is 5.75 Å². The second kappa shape index (κ2) is 9.85. The SMILES string of the molecule is CCOc1ccc(N(CCC#N)C(=O)Cc2ccc(-c3csc(C)n3)cc2)cc1. The lowest BCUT2D eigenvalue weighted by Crippen LogP contribution is -2.33. The van der Waals surface area contributed by atoms with Crippen LogP contribution in [0.1, 0.15) is 23.9 Å². The number of rotatable bonds is 8. The first-order valence-corrected chi connectivity index (χ1v) is 10.4. The monoisotopic (exact) mass is 405 g/mol. The predicted molar refractivity (Wildman–Crippen MR) is 116 cm³/mol. The second-order valence-electron chi connectivity index (χ2n) is 6.51. The fraction of sp³-hybridized carbons (Fsp3) is 0.261. The normalized spacial score (nSPS) is 10.4. The molecule has 5 nitrogen and oxygen atoms in total. The average Bonchev–Trinajstić information content (AvgIpc) is 3.16. The topological polar surface area (TPSA) is 66.2 Å². The Morgan fingerprint density at radius 3 is 2.48 bits per heavy atom. The molecular weight excluding hydrogens is 382 g/mol. The second-order valence-corrected chi connectivity index (χ2v) is 7.57. The van der Waals surface area contributed by atoms with E-state index in [1.54, 1.807) is 16.2 Å². The van der Waals surface area contributed by atoms with Gasteiger partial charge in [-0.3, -0.25) is 4.79 Å². The lowest BCUT2D eigenvalue weighted by Gasteiger charge is -2.22. The predicted octanol–water partition coefficient (Wildman–Crippen LogP) is 5.01. The number of carbonyl (C=O) groups excluding carboxylic acids is 1. The molecule has 0 radical (unpaired) electrons. The van der Waals surface area contributed by atoms with Crippen LogP contribution in [0.2, 0.25) is 0 Å². The van der Waals surface area contributed by atoms with Crippen LogP contribution in [0.4, 0.5) is 5.69 Å². The molecule has 0 unspecified atom stereocenters. The fourth-order valence-corrected chi connectivity index (χ4v) is 3.63. The molecule has 0 spiro atoms. The number of nitriles is 1. The molecule has 0 fully saturated rings. The van der Waals surface area contributed by atoms with Crippen LogP contribution in [-0.4, -0.2) is 24.0 Å². The Morgan fingerprint density at radius 1 is 1.17 bits per heavy atom. The van der Waals surface area contributed by atoms with Crippen molar-refractivity contribution in [2.24, 2.45) is 0 Å². The van der Waals surface area contributed by atoms with E-state index < -0.39 is 0 Å². The number of benzene rings is 2. The minimum atomic E-state index is -0.0401. The van der Waals surface area contributed by atoms with Crippen LogP contribution >= 0.6 is 11.3 Å². The lowest BCUT2D eigenvalue weighted by atomic mass is 10.1. The number of carbonyl (C=O) groups is 1. The van der Waals surface area contributed by atoms with Gasteiger partial charge in [-0.2, -0.15) is 5.26 Å². The molecule has 0 aliphatic rings. The molecule has 3 aromatic rings. The van der Waals surface area contributed by atoms with Crippen LogP contribution in [0, 0.1) is 18.3 Å². The standard InChI is InChI=1S/C23H23N3O2S/c1-3-28-21-11-9-20(10-12-21)26(14-4-13-24)23(27)15-18-5-7-19(8-6-18)22-16-29-17(2)25-22/h5-12,16H,3-4,14-15H2,1-2H3. The fourth-order valence-electron chi connectivity index (χ4n) is 3.01. The van der Waals surface area contributed by atoms with Crippen molar-refractivity contribution in [2.75, 3.05) is 18.1 Å². The highest BCUT2D eigenvalue weighted by Crippen LogP contribution is 2.23. The summed E-state index contributed by atoms with van der Waals surface area (Å²) in [6, 6.07) is 17.4. The largest absolute Gasteiger partial charge is 0.494 e. The van der Waals surface area contributed by atoms with Crippen molar-refractivity contribution in [1.29, 1.82) is 5.26 Å². The molecule has 29 heavy (non-hydrogen) atoms. The van der Waals surface area contributed by atoms with E-state index in [0.717, 1.165) is 33.3 Å². The van der Waals surface area contributed by atoms with Crippen molar-refractivity contribution < 1.29 is 9.53 Å². The molecule has 2 aromatic carbocycles. The zero-order valence-corrected chi connectivity index (χ0v) is 17.4. The van der Waals surface area contributed by atoms with Gasteiger partial charge in [-0.25, -0.2) is 4.98 Å². The number of ether oxygens (including phenoxy) is 1. The molecule has 0 saturated carbocycles. The first-order chi connectivity index (χ1) is 14.1. The summed E-state index contributed by atoms with van der Waals surface area (Å²) >= 11 is 1.62. The first kappa shape index (κ1) is 20.6. The molecule has 0 atom stereocenters. The van der Waals surface area contributed by atoms with E-state index in [1.165, 1.54) is 0 Å². The van der Waals surface area contributed by atoms with E-state index in [2.05, 4.69) is 11.1 Å². The third kappa shape index (κ3) is 5.43. The zero-order valence-electron chi connectivity index (χ0n) is 16.6. The Morgan fingerprint density at radius 2 is 1.90 bits per heavy atom. The molecule has 0 aliphatic heterocycles. The number of hydrogen-bond acceptors (Lipinski definition) is 5. The number of aromatic nitrogens is 1. The smallest absolute Gasteiger partial charge is 0.231 e. The number of thiazole rings is 1. The van der Waals surface area contributed by atoms with E-state index in [9.17, 15) is 4.79 Å². The van der Waals surface area contributed by atoms with Gasteiger partial charge in [0.25, 0.3) is 0 Å². The zero-order chi connectivity index (χ0) is 20.6. The third-order valence-electron chi connectivity index (χ3n) is 4.43. The van der Waals surface area contributed by atoms with Gasteiger partial charge in [0, 0.05) is 23.2 Å². The van der Waals surface area contributed by atoms with Crippen molar-refractivity contribution in [3.63, 3.8) is 0 Å². The molecule has 1 amide bonds. The Kier molecular flexibility index (Phi) is 6.99. The molecule has 0 aliphatic carbocycles. The van der Waals surface area contributed by atoms with E-state index in [4.69, 9.17) is 10.00 Å². The summed E-state index contributed by atoms with van der Waals surface area (Å²) in [4.78, 5) is 19.1. The van der Waals surface area contributed by atoms with Crippen molar-refractivity contribution >= 4 is 22.9 Å². The quantitative estimate of drug-likeness (QED) is 0.528. The van der Waals surface area contributed by atoms with E-state index in [-0.39, 0.29) is 18.7 Å². The minimum Gasteiger partial charge on any atom is -0.494 e. The summed E-state index contributed by atoms with van der Waals surface area (Å²) in [5.74, 6) is 0.721. The molecule has 0 saturated heterocycles. The van der Waals surface area contributed by atoms with E-state index in [0.29, 0.717) is 13.2 Å². The Hall–Kier alpha value is -3.17. The van der Waals surface area contributed by atoms with Gasteiger partial charge in [0.05, 0.1) is 36.2 Å². The van der Waals surface area contributed by atoms with Crippen molar-refractivity contribution in [1.82, 2.24) is 4.98 Å². The molecule has 1 aromatic heterocycles. The van der Waals surface area contributed by atoms with Gasteiger partial charge in [-0.05, 0) is 43.7 Å². The van der Waals surface area contributed by atoms with Crippen LogP contribution in [0.3, 0.4) is 0 Å². The summed E-state index contributed by atoms with van der Waals surface area (Å²) < 4.78 is 5.47. The maximum absolute atomic E-state index is 13.0. The summed E-state index contributed by atoms with van der Waals surface area (Å²) in [6.45, 7) is 4.86.